The zero-order valence-electron chi connectivity index (χ0n) is 11.9. The molecular formula is C15H10FN3O4. The molecule has 3 rings (SSSR count). The van der Waals surface area contributed by atoms with Crippen molar-refractivity contribution in [3.8, 4) is 28.6 Å². The molecule has 1 aromatic heterocycles. The van der Waals surface area contributed by atoms with Crippen molar-refractivity contribution >= 4 is 5.69 Å². The van der Waals surface area contributed by atoms with Gasteiger partial charge in [-0.05, 0) is 36.4 Å². The summed E-state index contributed by atoms with van der Waals surface area (Å²) in [5.41, 5.74) is 0.759. The highest BCUT2D eigenvalue weighted by atomic mass is 19.1. The predicted octanol–water partition coefficient (Wildman–Crippen LogP) is 3.46. The van der Waals surface area contributed by atoms with Crippen LogP contribution in [-0.2, 0) is 0 Å². The Morgan fingerprint density at radius 3 is 2.52 bits per heavy atom. The fourth-order valence-corrected chi connectivity index (χ4v) is 2.02. The molecule has 0 aliphatic carbocycles. The van der Waals surface area contributed by atoms with E-state index >= 15 is 0 Å². The third kappa shape index (κ3) is 2.86. The molecule has 0 unspecified atom stereocenters. The lowest BCUT2D eigenvalue weighted by atomic mass is 10.2. The predicted molar refractivity (Wildman–Crippen MR) is 78.3 cm³/mol. The highest BCUT2D eigenvalue weighted by Gasteiger charge is 2.19. The lowest BCUT2D eigenvalue weighted by molar-refractivity contribution is -0.385. The lowest BCUT2D eigenvalue weighted by Crippen LogP contribution is -1.94. The quantitative estimate of drug-likeness (QED) is 0.541. The average molecular weight is 315 g/mol. The SMILES string of the molecule is COc1ccc(-c2nc(-c3ccc(F)cc3)no2)cc1[N+](=O)[O-]. The van der Waals surface area contributed by atoms with Gasteiger partial charge in [-0.15, -0.1) is 0 Å². The van der Waals surface area contributed by atoms with Gasteiger partial charge in [0, 0.05) is 17.2 Å². The van der Waals surface area contributed by atoms with Crippen LogP contribution in [0.1, 0.15) is 0 Å². The monoisotopic (exact) mass is 315 g/mol. The van der Waals surface area contributed by atoms with E-state index in [1.807, 2.05) is 0 Å². The molecule has 0 fully saturated rings. The Hall–Kier alpha value is -3.29. The highest BCUT2D eigenvalue weighted by molar-refractivity contribution is 5.64. The van der Waals surface area contributed by atoms with Gasteiger partial charge < -0.3 is 9.26 Å². The minimum Gasteiger partial charge on any atom is -0.490 e. The highest BCUT2D eigenvalue weighted by Crippen LogP contribution is 2.32. The Bertz CT molecular complexity index is 861. The van der Waals surface area contributed by atoms with E-state index in [9.17, 15) is 14.5 Å². The standard InChI is InChI=1S/C15H10FN3O4/c1-22-13-7-4-10(8-12(13)19(20)21)15-17-14(18-23-15)9-2-5-11(16)6-3-9/h2-8H,1H3. The van der Waals surface area contributed by atoms with Gasteiger partial charge in [0.05, 0.1) is 12.0 Å². The summed E-state index contributed by atoms with van der Waals surface area (Å²) in [6.07, 6.45) is 0. The summed E-state index contributed by atoms with van der Waals surface area (Å²) < 4.78 is 23.0. The molecular weight excluding hydrogens is 305 g/mol. The summed E-state index contributed by atoms with van der Waals surface area (Å²) in [4.78, 5) is 14.7. The van der Waals surface area contributed by atoms with Gasteiger partial charge in [-0.25, -0.2) is 4.39 Å². The number of methoxy groups -OCH3 is 1. The van der Waals surface area contributed by atoms with Gasteiger partial charge in [0.25, 0.3) is 5.89 Å². The number of hydrogen-bond donors (Lipinski definition) is 0. The van der Waals surface area contributed by atoms with E-state index < -0.39 is 4.92 Å². The van der Waals surface area contributed by atoms with Crippen LogP contribution in [0.2, 0.25) is 0 Å². The Morgan fingerprint density at radius 2 is 1.87 bits per heavy atom. The second kappa shape index (κ2) is 5.84. The van der Waals surface area contributed by atoms with Crippen LogP contribution in [0.15, 0.2) is 47.0 Å². The maximum absolute atomic E-state index is 12.9. The minimum absolute atomic E-state index is 0.120. The molecule has 116 valence electrons. The van der Waals surface area contributed by atoms with E-state index in [2.05, 4.69) is 10.1 Å². The first kappa shape index (κ1) is 14.6. The van der Waals surface area contributed by atoms with E-state index in [4.69, 9.17) is 9.26 Å². The molecule has 2 aromatic carbocycles. The van der Waals surface area contributed by atoms with E-state index in [0.29, 0.717) is 11.1 Å². The van der Waals surface area contributed by atoms with Crippen LogP contribution in [0.3, 0.4) is 0 Å². The average Bonchev–Trinajstić information content (AvgIpc) is 3.04. The maximum atomic E-state index is 12.9. The molecule has 7 nitrogen and oxygen atoms in total. The fourth-order valence-electron chi connectivity index (χ4n) is 2.02. The molecule has 8 heteroatoms. The molecule has 3 aromatic rings. The first-order valence-corrected chi connectivity index (χ1v) is 6.51. The number of nitro groups is 1. The van der Waals surface area contributed by atoms with E-state index in [-0.39, 0.29) is 29.0 Å². The molecule has 1 heterocycles. The topological polar surface area (TPSA) is 91.3 Å². The summed E-state index contributed by atoms with van der Waals surface area (Å²) in [7, 11) is 1.35. The normalized spacial score (nSPS) is 10.5. The third-order valence-corrected chi connectivity index (χ3v) is 3.15. The number of ether oxygens (including phenoxy) is 1. The van der Waals surface area contributed by atoms with Crippen LogP contribution in [-0.4, -0.2) is 22.2 Å². The van der Waals surface area contributed by atoms with Crippen molar-refractivity contribution in [1.29, 1.82) is 0 Å². The molecule has 0 saturated carbocycles. The van der Waals surface area contributed by atoms with Crippen LogP contribution in [0.5, 0.6) is 5.75 Å². The van der Waals surface area contributed by atoms with Crippen molar-refractivity contribution in [2.45, 2.75) is 0 Å². The van der Waals surface area contributed by atoms with Gasteiger partial charge in [0.2, 0.25) is 5.82 Å². The van der Waals surface area contributed by atoms with E-state index in [1.54, 1.807) is 6.07 Å². The maximum Gasteiger partial charge on any atom is 0.311 e. The van der Waals surface area contributed by atoms with Gasteiger partial charge >= 0.3 is 5.69 Å². The molecule has 0 atom stereocenters. The molecule has 0 aliphatic heterocycles. The second-order valence-electron chi connectivity index (χ2n) is 4.57. The van der Waals surface area contributed by atoms with Crippen molar-refractivity contribution in [1.82, 2.24) is 10.1 Å². The molecule has 0 saturated heterocycles. The number of benzene rings is 2. The Labute approximate surface area is 129 Å². The van der Waals surface area contributed by atoms with E-state index in [0.717, 1.165) is 0 Å². The summed E-state index contributed by atoms with van der Waals surface area (Å²) in [6, 6.07) is 9.91. The minimum atomic E-state index is -0.556. The summed E-state index contributed by atoms with van der Waals surface area (Å²) in [5.74, 6) is 0.147. The Kier molecular flexibility index (Phi) is 3.71. The van der Waals surface area contributed by atoms with Crippen LogP contribution in [0.4, 0.5) is 10.1 Å². The zero-order valence-corrected chi connectivity index (χ0v) is 11.9. The Balaban J connectivity index is 1.98. The molecule has 0 N–H and O–H groups in total. The van der Waals surface area contributed by atoms with Crippen molar-refractivity contribution in [2.75, 3.05) is 7.11 Å². The van der Waals surface area contributed by atoms with Crippen molar-refractivity contribution in [2.24, 2.45) is 0 Å². The summed E-state index contributed by atoms with van der Waals surface area (Å²) in [6.45, 7) is 0. The first-order valence-electron chi connectivity index (χ1n) is 6.51. The van der Waals surface area contributed by atoms with Gasteiger partial charge in [0.1, 0.15) is 5.82 Å². The van der Waals surface area contributed by atoms with Crippen LogP contribution in [0.25, 0.3) is 22.8 Å². The molecule has 0 spiro atoms. The van der Waals surface area contributed by atoms with Crippen LogP contribution < -0.4 is 4.74 Å². The van der Waals surface area contributed by atoms with E-state index in [1.165, 1.54) is 43.5 Å². The molecule has 23 heavy (non-hydrogen) atoms. The first-order chi connectivity index (χ1) is 11.1. The lowest BCUT2D eigenvalue weighted by Gasteiger charge is -2.01. The molecule has 0 radical (unpaired) electrons. The molecule has 0 amide bonds. The van der Waals surface area contributed by atoms with Crippen LogP contribution in [0, 0.1) is 15.9 Å². The summed E-state index contributed by atoms with van der Waals surface area (Å²) in [5, 5.41) is 14.8. The largest absolute Gasteiger partial charge is 0.490 e. The van der Waals surface area contributed by atoms with Crippen molar-refractivity contribution in [3.05, 3.63) is 58.4 Å². The second-order valence-corrected chi connectivity index (χ2v) is 4.57. The van der Waals surface area contributed by atoms with Crippen molar-refractivity contribution in [3.63, 3.8) is 0 Å². The number of aromatic nitrogens is 2. The number of rotatable bonds is 4. The van der Waals surface area contributed by atoms with Crippen molar-refractivity contribution < 1.29 is 18.6 Å². The number of nitro benzene ring substituents is 1. The summed E-state index contributed by atoms with van der Waals surface area (Å²) >= 11 is 0. The molecule has 0 aliphatic rings. The van der Waals surface area contributed by atoms with Crippen LogP contribution >= 0.6 is 0 Å². The number of nitrogens with zero attached hydrogens (tertiary/aromatic N) is 3. The van der Waals surface area contributed by atoms with Gasteiger partial charge in [-0.2, -0.15) is 4.98 Å². The Morgan fingerprint density at radius 1 is 1.17 bits per heavy atom. The van der Waals surface area contributed by atoms with Gasteiger partial charge in [0.15, 0.2) is 5.75 Å². The zero-order chi connectivity index (χ0) is 16.4. The number of hydrogen-bond acceptors (Lipinski definition) is 6. The smallest absolute Gasteiger partial charge is 0.311 e. The fraction of sp³-hybridized carbons (Fsp3) is 0.0667. The van der Waals surface area contributed by atoms with Gasteiger partial charge in [-0.1, -0.05) is 5.16 Å². The molecule has 0 bridgehead atoms. The van der Waals surface area contributed by atoms with Gasteiger partial charge in [-0.3, -0.25) is 10.1 Å². The number of halogens is 1. The third-order valence-electron chi connectivity index (χ3n) is 3.15.